The van der Waals surface area contributed by atoms with Crippen LogP contribution >= 0.6 is 23.2 Å². The second kappa shape index (κ2) is 6.29. The van der Waals surface area contributed by atoms with Crippen LogP contribution in [0.4, 0.5) is 0 Å². The third kappa shape index (κ3) is 2.83. The van der Waals surface area contributed by atoms with Gasteiger partial charge in [0, 0.05) is 16.0 Å². The van der Waals surface area contributed by atoms with Gasteiger partial charge in [0.2, 0.25) is 0 Å². The minimum atomic E-state index is -4.00. The quantitative estimate of drug-likeness (QED) is 0.804. The number of aliphatic carboxylic acids is 1. The van der Waals surface area contributed by atoms with Gasteiger partial charge in [0.15, 0.2) is 9.84 Å². The number of hydrogen-bond acceptors (Lipinski definition) is 4. The van der Waals surface area contributed by atoms with E-state index in [1.807, 2.05) is 0 Å². The summed E-state index contributed by atoms with van der Waals surface area (Å²) in [5.41, 5.74) is -1.34. The number of carboxylic acids is 1. The van der Waals surface area contributed by atoms with Crippen LogP contribution in [0.1, 0.15) is 11.5 Å². The maximum Gasteiger partial charge on any atom is 0.314 e. The fraction of sp³-hybridized carbons (Fsp3) is 0.235. The standard InChI is InChI=1S/C17H14Cl2O5S/c18-11-4-6-13(7-5-11)25(23,24)15-14(17(15,9-20)16(21)22)10-2-1-3-12(19)8-10/h1-8,14-15,20H,9H2,(H,21,22)/t14-,15+,17+/m0/s1. The van der Waals surface area contributed by atoms with Crippen molar-refractivity contribution in [1.29, 1.82) is 0 Å². The van der Waals surface area contributed by atoms with Crippen molar-refractivity contribution in [3.8, 4) is 0 Å². The lowest BCUT2D eigenvalue weighted by molar-refractivity contribution is -0.145. The van der Waals surface area contributed by atoms with Gasteiger partial charge in [0.05, 0.1) is 16.8 Å². The van der Waals surface area contributed by atoms with Crippen molar-refractivity contribution in [2.24, 2.45) is 5.41 Å². The average molecular weight is 401 g/mol. The molecule has 1 aliphatic rings. The molecule has 2 aromatic rings. The summed E-state index contributed by atoms with van der Waals surface area (Å²) in [6, 6.07) is 11.9. The summed E-state index contributed by atoms with van der Waals surface area (Å²) in [4.78, 5) is 11.8. The van der Waals surface area contributed by atoms with Gasteiger partial charge in [0.1, 0.15) is 5.41 Å². The molecule has 132 valence electrons. The van der Waals surface area contributed by atoms with Crippen LogP contribution in [-0.4, -0.2) is 36.5 Å². The number of halogens is 2. The second-order valence-electron chi connectivity index (χ2n) is 5.96. The summed E-state index contributed by atoms with van der Waals surface area (Å²) in [5.74, 6) is -2.25. The van der Waals surface area contributed by atoms with E-state index in [0.717, 1.165) is 0 Å². The van der Waals surface area contributed by atoms with E-state index in [1.54, 1.807) is 18.2 Å². The van der Waals surface area contributed by atoms with E-state index in [0.29, 0.717) is 15.6 Å². The summed E-state index contributed by atoms with van der Waals surface area (Å²) < 4.78 is 26.0. The Labute approximate surface area is 154 Å². The minimum Gasteiger partial charge on any atom is -0.481 e. The van der Waals surface area contributed by atoms with Crippen LogP contribution in [0.2, 0.25) is 10.0 Å². The second-order valence-corrected chi connectivity index (χ2v) is 8.90. The molecule has 5 nitrogen and oxygen atoms in total. The molecule has 0 aromatic heterocycles. The normalized spacial score (nSPS) is 25.6. The highest BCUT2D eigenvalue weighted by atomic mass is 35.5. The van der Waals surface area contributed by atoms with Crippen LogP contribution in [0.3, 0.4) is 0 Å². The Balaban J connectivity index is 2.12. The highest BCUT2D eigenvalue weighted by molar-refractivity contribution is 7.92. The van der Waals surface area contributed by atoms with Gasteiger partial charge in [-0.15, -0.1) is 0 Å². The number of aliphatic hydroxyl groups excluding tert-OH is 1. The van der Waals surface area contributed by atoms with Gasteiger partial charge < -0.3 is 10.2 Å². The van der Waals surface area contributed by atoms with E-state index in [-0.39, 0.29) is 4.90 Å². The number of carbonyl (C=O) groups is 1. The van der Waals surface area contributed by atoms with Gasteiger partial charge >= 0.3 is 5.97 Å². The maximum absolute atomic E-state index is 13.0. The van der Waals surface area contributed by atoms with Crippen molar-refractivity contribution >= 4 is 39.0 Å². The summed E-state index contributed by atoms with van der Waals surface area (Å²) >= 11 is 11.7. The van der Waals surface area contributed by atoms with Gasteiger partial charge in [-0.3, -0.25) is 4.79 Å². The van der Waals surface area contributed by atoms with Crippen LogP contribution in [-0.2, 0) is 14.6 Å². The van der Waals surface area contributed by atoms with E-state index >= 15 is 0 Å². The van der Waals surface area contributed by atoms with Crippen molar-refractivity contribution in [1.82, 2.24) is 0 Å². The molecule has 0 heterocycles. The van der Waals surface area contributed by atoms with Gasteiger partial charge in [-0.05, 0) is 42.0 Å². The van der Waals surface area contributed by atoms with Crippen LogP contribution < -0.4 is 0 Å². The average Bonchev–Trinajstić information content (AvgIpc) is 3.27. The highest BCUT2D eigenvalue weighted by Gasteiger charge is 2.75. The Kier molecular flexibility index (Phi) is 4.58. The first-order chi connectivity index (χ1) is 11.7. The van der Waals surface area contributed by atoms with Crippen LogP contribution in [0.15, 0.2) is 53.4 Å². The maximum atomic E-state index is 13.0. The molecule has 2 aromatic carbocycles. The Hall–Kier alpha value is -1.60. The van der Waals surface area contributed by atoms with Crippen molar-refractivity contribution in [3.05, 3.63) is 64.1 Å². The largest absolute Gasteiger partial charge is 0.481 e. The van der Waals surface area contributed by atoms with E-state index in [9.17, 15) is 23.4 Å². The monoisotopic (exact) mass is 400 g/mol. The van der Waals surface area contributed by atoms with Crippen molar-refractivity contribution in [3.63, 3.8) is 0 Å². The molecule has 0 spiro atoms. The Morgan fingerprint density at radius 2 is 1.72 bits per heavy atom. The molecule has 0 bridgehead atoms. The number of aliphatic hydroxyl groups is 1. The molecule has 0 aliphatic heterocycles. The summed E-state index contributed by atoms with van der Waals surface area (Å²) in [5, 5.41) is 18.8. The zero-order valence-corrected chi connectivity index (χ0v) is 15.1. The molecule has 3 rings (SSSR count). The molecule has 3 atom stereocenters. The van der Waals surface area contributed by atoms with Gasteiger partial charge in [-0.25, -0.2) is 8.42 Å². The molecule has 0 amide bonds. The van der Waals surface area contributed by atoms with E-state index in [4.69, 9.17) is 23.2 Å². The number of hydrogen-bond donors (Lipinski definition) is 2. The van der Waals surface area contributed by atoms with Crippen molar-refractivity contribution < 1.29 is 23.4 Å². The molecule has 2 N–H and O–H groups in total. The highest BCUT2D eigenvalue weighted by Crippen LogP contribution is 2.64. The summed E-state index contributed by atoms with van der Waals surface area (Å²) in [7, 11) is -4.00. The molecule has 1 fully saturated rings. The minimum absolute atomic E-state index is 0.0366. The zero-order chi connectivity index (χ0) is 18.4. The van der Waals surface area contributed by atoms with Gasteiger partial charge in [-0.2, -0.15) is 0 Å². The number of rotatable bonds is 5. The smallest absolute Gasteiger partial charge is 0.314 e. The molecular formula is C17H14Cl2O5S. The van der Waals surface area contributed by atoms with E-state index in [2.05, 4.69) is 0 Å². The lowest BCUT2D eigenvalue weighted by atomic mass is 10.0. The number of benzene rings is 2. The van der Waals surface area contributed by atoms with E-state index in [1.165, 1.54) is 30.3 Å². The molecular weight excluding hydrogens is 387 g/mol. The molecule has 1 saturated carbocycles. The molecule has 0 unspecified atom stereocenters. The third-order valence-electron chi connectivity index (χ3n) is 4.60. The molecule has 1 aliphatic carbocycles. The SMILES string of the molecule is O=C(O)[C@@]1(CO)[C@H](S(=O)(=O)c2ccc(Cl)cc2)[C@@H]1c1cccc(Cl)c1. The molecule has 25 heavy (non-hydrogen) atoms. The summed E-state index contributed by atoms with van der Waals surface area (Å²) in [6.45, 7) is -0.795. The lowest BCUT2D eigenvalue weighted by Gasteiger charge is -2.09. The lowest BCUT2D eigenvalue weighted by Crippen LogP contribution is -2.27. The third-order valence-corrected chi connectivity index (χ3v) is 7.38. The molecule has 0 saturated heterocycles. The molecule has 0 radical (unpaired) electrons. The fourth-order valence-corrected chi connectivity index (χ4v) is 6.00. The Morgan fingerprint density at radius 3 is 2.24 bits per heavy atom. The van der Waals surface area contributed by atoms with Crippen LogP contribution in [0, 0.1) is 5.41 Å². The number of carboxylic acid groups (broad SMARTS) is 1. The van der Waals surface area contributed by atoms with Crippen molar-refractivity contribution in [2.75, 3.05) is 6.61 Å². The zero-order valence-electron chi connectivity index (χ0n) is 12.8. The van der Waals surface area contributed by atoms with Crippen molar-refractivity contribution in [2.45, 2.75) is 16.1 Å². The first kappa shape index (κ1) is 18.2. The topological polar surface area (TPSA) is 91.7 Å². The summed E-state index contributed by atoms with van der Waals surface area (Å²) in [6.07, 6.45) is 0. The predicted molar refractivity (Wildman–Crippen MR) is 93.8 cm³/mol. The number of sulfone groups is 1. The fourth-order valence-electron chi connectivity index (χ4n) is 3.31. The van der Waals surface area contributed by atoms with Crippen LogP contribution in [0.25, 0.3) is 0 Å². The van der Waals surface area contributed by atoms with Crippen LogP contribution in [0.5, 0.6) is 0 Å². The first-order valence-corrected chi connectivity index (χ1v) is 9.64. The Morgan fingerprint density at radius 1 is 1.08 bits per heavy atom. The first-order valence-electron chi connectivity index (χ1n) is 7.34. The Bertz CT molecular complexity index is 926. The predicted octanol–water partition coefficient (Wildman–Crippen LogP) is 3.00. The van der Waals surface area contributed by atoms with Gasteiger partial charge in [-0.1, -0.05) is 35.3 Å². The van der Waals surface area contributed by atoms with Gasteiger partial charge in [0.25, 0.3) is 0 Å². The van der Waals surface area contributed by atoms with E-state index < -0.39 is 39.0 Å². The molecule has 8 heteroatoms.